The molecule has 28 heavy (non-hydrogen) atoms. The van der Waals surface area contributed by atoms with Gasteiger partial charge in [0.1, 0.15) is 22.8 Å². The van der Waals surface area contributed by atoms with Crippen LogP contribution in [0.1, 0.15) is 29.0 Å². The van der Waals surface area contributed by atoms with Gasteiger partial charge in [-0.15, -0.1) is 0 Å². The fourth-order valence-electron chi connectivity index (χ4n) is 3.69. The van der Waals surface area contributed by atoms with Crippen molar-refractivity contribution in [2.24, 2.45) is 5.92 Å². The van der Waals surface area contributed by atoms with Gasteiger partial charge in [-0.05, 0) is 31.9 Å². The Hall–Kier alpha value is -3.08. The van der Waals surface area contributed by atoms with Crippen molar-refractivity contribution in [3.05, 3.63) is 72.0 Å². The predicted octanol–water partition coefficient (Wildman–Crippen LogP) is 4.58. The number of aryl methyl sites for hydroxylation is 1. The second kappa shape index (κ2) is 8.30. The van der Waals surface area contributed by atoms with Crippen molar-refractivity contribution < 1.29 is 14.1 Å². The first kappa shape index (κ1) is 18.3. The maximum atomic E-state index is 13.3. The Bertz CT molecular complexity index is 922. The molecule has 1 amide bonds. The van der Waals surface area contributed by atoms with Gasteiger partial charge in [0, 0.05) is 24.6 Å². The van der Waals surface area contributed by atoms with Crippen LogP contribution in [0.25, 0.3) is 11.3 Å². The van der Waals surface area contributed by atoms with E-state index in [9.17, 15) is 4.79 Å². The topological polar surface area (TPSA) is 55.6 Å². The van der Waals surface area contributed by atoms with E-state index in [-0.39, 0.29) is 5.91 Å². The van der Waals surface area contributed by atoms with Crippen molar-refractivity contribution in [2.75, 3.05) is 19.7 Å². The van der Waals surface area contributed by atoms with Gasteiger partial charge in [0.25, 0.3) is 5.91 Å². The number of rotatable bonds is 5. The molecule has 0 saturated carbocycles. The number of nitrogens with zero attached hydrogens (tertiary/aromatic N) is 2. The molecule has 1 aliphatic rings. The molecule has 5 heteroatoms. The number of carbonyl (C=O) groups is 1. The third-order valence-corrected chi connectivity index (χ3v) is 5.16. The lowest BCUT2D eigenvalue weighted by atomic mass is 9.97. The minimum atomic E-state index is -0.0120. The zero-order chi connectivity index (χ0) is 19.3. The minimum absolute atomic E-state index is 0.0120. The molecule has 1 atom stereocenters. The molecule has 1 unspecified atom stereocenters. The molecular formula is C23H24N2O3. The van der Waals surface area contributed by atoms with Crippen molar-refractivity contribution in [2.45, 2.75) is 19.8 Å². The van der Waals surface area contributed by atoms with Crippen LogP contribution in [-0.2, 0) is 0 Å². The molecule has 5 nitrogen and oxygen atoms in total. The first-order chi connectivity index (χ1) is 13.7. The summed E-state index contributed by atoms with van der Waals surface area (Å²) in [5.41, 5.74) is 2.07. The van der Waals surface area contributed by atoms with Crippen LogP contribution in [0.2, 0.25) is 0 Å². The number of amides is 1. The molecule has 2 heterocycles. The SMILES string of the molecule is Cc1onc(-c2ccccc2)c1C(=O)N1CCCC(COc2ccccc2)C1. The summed E-state index contributed by atoms with van der Waals surface area (Å²) in [6.45, 7) is 3.85. The first-order valence-electron chi connectivity index (χ1n) is 9.71. The first-order valence-corrected chi connectivity index (χ1v) is 9.71. The van der Waals surface area contributed by atoms with Gasteiger partial charge < -0.3 is 14.2 Å². The van der Waals surface area contributed by atoms with Crippen molar-refractivity contribution in [3.63, 3.8) is 0 Å². The maximum Gasteiger partial charge on any atom is 0.259 e. The second-order valence-corrected chi connectivity index (χ2v) is 7.21. The Labute approximate surface area is 164 Å². The van der Waals surface area contributed by atoms with Gasteiger partial charge in [0.2, 0.25) is 0 Å². The molecular weight excluding hydrogens is 352 g/mol. The molecule has 3 aromatic rings. The molecule has 0 radical (unpaired) electrons. The minimum Gasteiger partial charge on any atom is -0.493 e. The van der Waals surface area contributed by atoms with Gasteiger partial charge in [-0.2, -0.15) is 0 Å². The van der Waals surface area contributed by atoms with E-state index in [1.54, 1.807) is 6.92 Å². The van der Waals surface area contributed by atoms with E-state index in [0.29, 0.717) is 36.1 Å². The summed E-state index contributed by atoms with van der Waals surface area (Å²) in [5.74, 6) is 1.74. The summed E-state index contributed by atoms with van der Waals surface area (Å²) >= 11 is 0. The van der Waals surface area contributed by atoms with Crippen LogP contribution in [0.15, 0.2) is 65.2 Å². The maximum absolute atomic E-state index is 13.3. The standard InChI is InChI=1S/C23H24N2O3/c1-17-21(22(24-28-17)19-10-4-2-5-11-19)23(26)25-14-8-9-18(15-25)16-27-20-12-6-3-7-13-20/h2-7,10-13,18H,8-9,14-16H2,1H3. The smallest absolute Gasteiger partial charge is 0.259 e. The quantitative estimate of drug-likeness (QED) is 0.654. The molecule has 0 N–H and O–H groups in total. The van der Waals surface area contributed by atoms with E-state index in [2.05, 4.69) is 5.16 Å². The van der Waals surface area contributed by atoms with E-state index >= 15 is 0 Å². The van der Waals surface area contributed by atoms with Gasteiger partial charge in [-0.1, -0.05) is 53.7 Å². The number of para-hydroxylation sites is 1. The summed E-state index contributed by atoms with van der Waals surface area (Å²) in [6.07, 6.45) is 2.03. The third-order valence-electron chi connectivity index (χ3n) is 5.16. The van der Waals surface area contributed by atoms with Gasteiger partial charge >= 0.3 is 0 Å². The molecule has 1 fully saturated rings. The van der Waals surface area contributed by atoms with Crippen molar-refractivity contribution in [1.29, 1.82) is 0 Å². The molecule has 1 aromatic heterocycles. The lowest BCUT2D eigenvalue weighted by Crippen LogP contribution is -2.41. The zero-order valence-corrected chi connectivity index (χ0v) is 16.0. The van der Waals surface area contributed by atoms with Crippen LogP contribution >= 0.6 is 0 Å². The number of hydrogen-bond donors (Lipinski definition) is 0. The average molecular weight is 376 g/mol. The van der Waals surface area contributed by atoms with Gasteiger partial charge in [-0.25, -0.2) is 0 Å². The van der Waals surface area contributed by atoms with Crippen LogP contribution < -0.4 is 4.74 Å². The van der Waals surface area contributed by atoms with Crippen LogP contribution in [0.5, 0.6) is 5.75 Å². The number of ether oxygens (including phenoxy) is 1. The number of aromatic nitrogens is 1. The Morgan fingerprint density at radius 1 is 1.14 bits per heavy atom. The summed E-state index contributed by atoms with van der Waals surface area (Å²) in [6, 6.07) is 19.5. The molecule has 0 spiro atoms. The summed E-state index contributed by atoms with van der Waals surface area (Å²) in [7, 11) is 0. The van der Waals surface area contributed by atoms with Crippen LogP contribution in [0, 0.1) is 12.8 Å². The van der Waals surface area contributed by atoms with Gasteiger partial charge in [-0.3, -0.25) is 4.79 Å². The zero-order valence-electron chi connectivity index (χ0n) is 16.0. The molecule has 1 saturated heterocycles. The highest BCUT2D eigenvalue weighted by Gasteiger charge is 2.30. The Balaban J connectivity index is 1.47. The highest BCUT2D eigenvalue weighted by molar-refractivity contribution is 6.00. The third kappa shape index (κ3) is 3.93. The van der Waals surface area contributed by atoms with E-state index in [4.69, 9.17) is 9.26 Å². The van der Waals surface area contributed by atoms with Crippen molar-refractivity contribution >= 4 is 5.91 Å². The fourth-order valence-corrected chi connectivity index (χ4v) is 3.69. The van der Waals surface area contributed by atoms with E-state index in [1.807, 2.05) is 65.6 Å². The largest absolute Gasteiger partial charge is 0.493 e. The van der Waals surface area contributed by atoms with E-state index < -0.39 is 0 Å². The summed E-state index contributed by atoms with van der Waals surface area (Å²) in [4.78, 5) is 15.2. The number of carbonyl (C=O) groups excluding carboxylic acids is 1. The lowest BCUT2D eigenvalue weighted by molar-refractivity contribution is 0.0632. The lowest BCUT2D eigenvalue weighted by Gasteiger charge is -2.32. The van der Waals surface area contributed by atoms with Crippen molar-refractivity contribution in [1.82, 2.24) is 10.1 Å². The van der Waals surface area contributed by atoms with Crippen LogP contribution in [0.4, 0.5) is 0 Å². The van der Waals surface area contributed by atoms with E-state index in [1.165, 1.54) is 0 Å². The summed E-state index contributed by atoms with van der Waals surface area (Å²) < 4.78 is 11.3. The Morgan fingerprint density at radius 2 is 1.86 bits per heavy atom. The monoisotopic (exact) mass is 376 g/mol. The molecule has 4 rings (SSSR count). The number of likely N-dealkylation sites (tertiary alicyclic amines) is 1. The van der Waals surface area contributed by atoms with Gasteiger partial charge in [0.15, 0.2) is 0 Å². The molecule has 144 valence electrons. The number of piperidine rings is 1. The Morgan fingerprint density at radius 3 is 2.61 bits per heavy atom. The van der Waals surface area contributed by atoms with E-state index in [0.717, 1.165) is 30.7 Å². The number of hydrogen-bond acceptors (Lipinski definition) is 4. The fraction of sp³-hybridized carbons (Fsp3) is 0.304. The highest BCUT2D eigenvalue weighted by Crippen LogP contribution is 2.28. The van der Waals surface area contributed by atoms with Crippen LogP contribution in [0.3, 0.4) is 0 Å². The Kier molecular flexibility index (Phi) is 5.42. The molecule has 0 aliphatic carbocycles. The van der Waals surface area contributed by atoms with Crippen LogP contribution in [-0.4, -0.2) is 35.7 Å². The van der Waals surface area contributed by atoms with Gasteiger partial charge in [0.05, 0.1) is 6.61 Å². The van der Waals surface area contributed by atoms with Crippen molar-refractivity contribution in [3.8, 4) is 17.0 Å². The normalized spacial score (nSPS) is 16.8. The average Bonchev–Trinajstić information content (AvgIpc) is 3.14. The molecule has 1 aliphatic heterocycles. The predicted molar refractivity (Wildman–Crippen MR) is 107 cm³/mol. The number of benzene rings is 2. The molecule has 0 bridgehead atoms. The highest BCUT2D eigenvalue weighted by atomic mass is 16.5. The second-order valence-electron chi connectivity index (χ2n) is 7.21. The molecule has 2 aromatic carbocycles. The summed E-state index contributed by atoms with van der Waals surface area (Å²) in [5, 5.41) is 4.15.